The molecule has 2 aromatic carbocycles. The molecule has 3 nitrogen and oxygen atoms in total. The molecule has 118 valence electrons. The normalized spacial score (nSPS) is 10.9. The molecule has 1 N–H and O–H groups in total. The number of rotatable bonds is 4. The van der Waals surface area contributed by atoms with Crippen LogP contribution in [0.1, 0.15) is 11.1 Å². The minimum atomic E-state index is -0.0269. The van der Waals surface area contributed by atoms with Crippen LogP contribution in [0.25, 0.3) is 10.2 Å². The molecule has 1 amide bonds. The van der Waals surface area contributed by atoms with Gasteiger partial charge in [-0.15, -0.1) is 11.3 Å². The number of carbonyl (C=O) groups excluding carboxylic acids is 1. The number of halogens is 1. The molecule has 0 radical (unpaired) electrons. The minimum absolute atomic E-state index is 0.0269. The number of benzene rings is 2. The van der Waals surface area contributed by atoms with Gasteiger partial charge in [0.1, 0.15) is 0 Å². The molecule has 0 spiro atoms. The summed E-state index contributed by atoms with van der Waals surface area (Å²) in [5, 5.41) is 3.63. The zero-order valence-corrected chi connectivity index (χ0v) is 15.1. The zero-order chi connectivity index (χ0) is 16.4. The Bertz CT molecular complexity index is 876. The highest BCUT2D eigenvalue weighted by atomic mass is 35.5. The third-order valence-electron chi connectivity index (χ3n) is 3.54. The number of hydrogen-bond donors (Lipinski definition) is 1. The van der Waals surface area contributed by atoms with Crippen LogP contribution in [-0.2, 0) is 4.79 Å². The van der Waals surface area contributed by atoms with Crippen molar-refractivity contribution in [2.75, 3.05) is 11.1 Å². The summed E-state index contributed by atoms with van der Waals surface area (Å²) in [6.07, 6.45) is 0. The van der Waals surface area contributed by atoms with Crippen LogP contribution in [0.5, 0.6) is 0 Å². The van der Waals surface area contributed by atoms with Crippen LogP contribution in [0, 0.1) is 13.8 Å². The Balaban J connectivity index is 1.65. The van der Waals surface area contributed by atoms with Gasteiger partial charge in [0.15, 0.2) is 4.34 Å². The number of amides is 1. The fraction of sp³-hybridized carbons (Fsp3) is 0.176. The summed E-state index contributed by atoms with van der Waals surface area (Å²) in [6.45, 7) is 4.04. The van der Waals surface area contributed by atoms with E-state index in [-0.39, 0.29) is 5.91 Å². The Kier molecular flexibility index (Phi) is 4.90. The summed E-state index contributed by atoms with van der Waals surface area (Å²) < 4.78 is 1.95. The van der Waals surface area contributed by atoms with Crippen LogP contribution in [0.3, 0.4) is 0 Å². The maximum absolute atomic E-state index is 12.1. The lowest BCUT2D eigenvalue weighted by molar-refractivity contribution is -0.113. The highest BCUT2D eigenvalue weighted by Gasteiger charge is 2.10. The molecule has 3 rings (SSSR count). The van der Waals surface area contributed by atoms with E-state index in [1.165, 1.54) is 17.3 Å². The molecule has 6 heteroatoms. The van der Waals surface area contributed by atoms with Gasteiger partial charge in [-0.1, -0.05) is 35.5 Å². The molecule has 0 atom stereocenters. The van der Waals surface area contributed by atoms with Crippen LogP contribution < -0.4 is 5.32 Å². The third-order valence-corrected chi connectivity index (χ3v) is 5.95. The van der Waals surface area contributed by atoms with Gasteiger partial charge >= 0.3 is 0 Å². The van der Waals surface area contributed by atoms with Crippen molar-refractivity contribution in [3.8, 4) is 0 Å². The van der Waals surface area contributed by atoms with Crippen molar-refractivity contribution in [1.29, 1.82) is 0 Å². The van der Waals surface area contributed by atoms with Crippen molar-refractivity contribution in [2.24, 2.45) is 0 Å². The van der Waals surface area contributed by atoms with Gasteiger partial charge in [-0.05, 0) is 49.2 Å². The van der Waals surface area contributed by atoms with Crippen molar-refractivity contribution in [3.05, 3.63) is 52.5 Å². The van der Waals surface area contributed by atoms with E-state index in [1.54, 1.807) is 11.3 Å². The lowest BCUT2D eigenvalue weighted by atomic mass is 10.1. The topological polar surface area (TPSA) is 42.0 Å². The summed E-state index contributed by atoms with van der Waals surface area (Å²) in [5.74, 6) is 0.307. The highest BCUT2D eigenvalue weighted by Crippen LogP contribution is 2.31. The second kappa shape index (κ2) is 6.91. The molecule has 0 unspecified atom stereocenters. The minimum Gasteiger partial charge on any atom is -0.325 e. The quantitative estimate of drug-likeness (QED) is 0.640. The van der Waals surface area contributed by atoms with Crippen LogP contribution in [0.15, 0.2) is 40.7 Å². The molecule has 23 heavy (non-hydrogen) atoms. The van der Waals surface area contributed by atoms with Gasteiger partial charge in [-0.2, -0.15) is 0 Å². The van der Waals surface area contributed by atoms with Gasteiger partial charge in [0, 0.05) is 10.7 Å². The Morgan fingerprint density at radius 3 is 2.96 bits per heavy atom. The molecule has 0 saturated carbocycles. The number of thioether (sulfide) groups is 1. The van der Waals surface area contributed by atoms with Crippen molar-refractivity contribution in [1.82, 2.24) is 4.98 Å². The molecular weight excluding hydrogens is 348 g/mol. The van der Waals surface area contributed by atoms with Crippen molar-refractivity contribution < 1.29 is 4.79 Å². The number of hydrogen-bond acceptors (Lipinski definition) is 4. The predicted molar refractivity (Wildman–Crippen MR) is 99.9 cm³/mol. The monoisotopic (exact) mass is 362 g/mol. The van der Waals surface area contributed by atoms with E-state index in [2.05, 4.69) is 10.3 Å². The Morgan fingerprint density at radius 1 is 1.30 bits per heavy atom. The number of thiazole rings is 1. The number of aromatic nitrogens is 1. The number of carbonyl (C=O) groups is 1. The first kappa shape index (κ1) is 16.3. The second-order valence-electron chi connectivity index (χ2n) is 5.18. The fourth-order valence-corrected chi connectivity index (χ4v) is 4.16. The van der Waals surface area contributed by atoms with E-state index in [0.29, 0.717) is 10.8 Å². The summed E-state index contributed by atoms with van der Waals surface area (Å²) in [6, 6.07) is 11.5. The lowest BCUT2D eigenvalue weighted by Crippen LogP contribution is -2.15. The van der Waals surface area contributed by atoms with E-state index < -0.39 is 0 Å². The summed E-state index contributed by atoms with van der Waals surface area (Å²) in [7, 11) is 0. The molecule has 1 aromatic heterocycles. The molecule has 1 heterocycles. The molecule has 0 fully saturated rings. The van der Waals surface area contributed by atoms with Crippen LogP contribution in [0.2, 0.25) is 5.02 Å². The highest BCUT2D eigenvalue weighted by molar-refractivity contribution is 8.01. The average molecular weight is 363 g/mol. The van der Waals surface area contributed by atoms with Crippen molar-refractivity contribution in [3.63, 3.8) is 0 Å². The summed E-state index contributed by atoms with van der Waals surface area (Å²) in [5.41, 5.74) is 4.01. The number of fused-ring (bicyclic) bond motifs is 1. The first-order chi connectivity index (χ1) is 11.0. The van der Waals surface area contributed by atoms with E-state index >= 15 is 0 Å². The number of aryl methyl sites for hydroxylation is 1. The summed E-state index contributed by atoms with van der Waals surface area (Å²) >= 11 is 8.98. The van der Waals surface area contributed by atoms with Crippen LogP contribution in [-0.4, -0.2) is 16.6 Å². The number of anilines is 1. The SMILES string of the molecule is Cc1cccc(NC(=O)CSc2nc3cc(Cl)ccc3s2)c1C. The molecule has 0 bridgehead atoms. The maximum Gasteiger partial charge on any atom is 0.234 e. The summed E-state index contributed by atoms with van der Waals surface area (Å²) in [4.78, 5) is 16.6. The first-order valence-electron chi connectivity index (χ1n) is 7.08. The predicted octanol–water partition coefficient (Wildman–Crippen LogP) is 5.30. The maximum atomic E-state index is 12.1. The van der Waals surface area contributed by atoms with E-state index in [4.69, 9.17) is 11.6 Å². The van der Waals surface area contributed by atoms with Gasteiger partial charge in [-0.3, -0.25) is 4.79 Å². The van der Waals surface area contributed by atoms with Gasteiger partial charge in [0.25, 0.3) is 0 Å². The molecule has 0 aliphatic carbocycles. The van der Waals surface area contributed by atoms with E-state index in [0.717, 1.165) is 25.8 Å². The Labute approximate surface area is 148 Å². The standard InChI is InChI=1S/C17H15ClN2OS2/c1-10-4-3-5-13(11(10)2)19-16(21)9-22-17-20-14-8-12(18)6-7-15(14)23-17/h3-8H,9H2,1-2H3,(H,19,21). The molecule has 0 aliphatic rings. The van der Waals surface area contributed by atoms with E-state index in [1.807, 2.05) is 50.2 Å². The van der Waals surface area contributed by atoms with Gasteiger partial charge in [-0.25, -0.2) is 4.98 Å². The lowest BCUT2D eigenvalue weighted by Gasteiger charge is -2.09. The van der Waals surface area contributed by atoms with Crippen molar-refractivity contribution >= 4 is 56.5 Å². The third kappa shape index (κ3) is 3.86. The average Bonchev–Trinajstić information content (AvgIpc) is 2.92. The number of nitrogens with zero attached hydrogens (tertiary/aromatic N) is 1. The molecule has 0 saturated heterocycles. The fourth-order valence-electron chi connectivity index (χ4n) is 2.14. The van der Waals surface area contributed by atoms with Crippen LogP contribution in [0.4, 0.5) is 5.69 Å². The van der Waals surface area contributed by atoms with Gasteiger partial charge in [0.05, 0.1) is 16.0 Å². The van der Waals surface area contributed by atoms with E-state index in [9.17, 15) is 4.79 Å². The zero-order valence-electron chi connectivity index (χ0n) is 12.7. The van der Waals surface area contributed by atoms with Crippen LogP contribution >= 0.6 is 34.7 Å². The Morgan fingerprint density at radius 2 is 2.13 bits per heavy atom. The smallest absolute Gasteiger partial charge is 0.234 e. The first-order valence-corrected chi connectivity index (χ1v) is 9.26. The van der Waals surface area contributed by atoms with Gasteiger partial charge < -0.3 is 5.32 Å². The van der Waals surface area contributed by atoms with Crippen molar-refractivity contribution in [2.45, 2.75) is 18.2 Å². The molecule has 3 aromatic rings. The Hall–Kier alpha value is -1.56. The second-order valence-corrected chi connectivity index (χ2v) is 7.87. The largest absolute Gasteiger partial charge is 0.325 e. The number of nitrogens with one attached hydrogen (secondary N) is 1. The van der Waals surface area contributed by atoms with Gasteiger partial charge in [0.2, 0.25) is 5.91 Å². The molecular formula is C17H15ClN2OS2. The molecule has 0 aliphatic heterocycles.